The van der Waals surface area contributed by atoms with E-state index >= 15 is 0 Å². The Labute approximate surface area is 192 Å². The van der Waals surface area contributed by atoms with Crippen LogP contribution < -0.4 is 15.4 Å². The van der Waals surface area contributed by atoms with Crippen molar-refractivity contribution in [2.75, 3.05) is 25.1 Å². The fraction of sp³-hybridized carbons (Fsp3) is 0.222. The van der Waals surface area contributed by atoms with E-state index in [0.717, 1.165) is 53.8 Å². The van der Waals surface area contributed by atoms with Gasteiger partial charge in [0.15, 0.2) is 11.6 Å². The van der Waals surface area contributed by atoms with Crippen molar-refractivity contribution in [3.8, 4) is 28.8 Å². The molecule has 0 amide bonds. The van der Waals surface area contributed by atoms with Crippen LogP contribution in [0.5, 0.6) is 5.75 Å². The molecule has 2 N–H and O–H groups in total. The van der Waals surface area contributed by atoms with Crippen molar-refractivity contribution in [3.63, 3.8) is 0 Å². The van der Waals surface area contributed by atoms with E-state index in [1.54, 1.807) is 18.2 Å². The molecule has 3 aromatic carbocycles. The molecular weight excluding hydrogens is 415 g/mol. The highest BCUT2D eigenvalue weighted by Crippen LogP contribution is 2.35. The van der Waals surface area contributed by atoms with E-state index in [1.807, 2.05) is 18.2 Å². The maximum absolute atomic E-state index is 14.6. The summed E-state index contributed by atoms with van der Waals surface area (Å²) in [6.07, 6.45) is 1.97. The second kappa shape index (κ2) is 8.61. The summed E-state index contributed by atoms with van der Waals surface area (Å²) in [5, 5.41) is 10.3. The van der Waals surface area contributed by atoms with Crippen molar-refractivity contribution in [3.05, 3.63) is 78.1 Å². The predicted molar refractivity (Wildman–Crippen MR) is 129 cm³/mol. The normalized spacial score (nSPS) is 14.4. The highest BCUT2D eigenvalue weighted by Gasteiger charge is 2.19. The lowest BCUT2D eigenvalue weighted by Gasteiger charge is -2.32. The van der Waals surface area contributed by atoms with Crippen molar-refractivity contribution in [1.82, 2.24) is 4.57 Å². The molecule has 0 bridgehead atoms. The van der Waals surface area contributed by atoms with Gasteiger partial charge in [-0.1, -0.05) is 0 Å². The van der Waals surface area contributed by atoms with Crippen LogP contribution >= 0.6 is 0 Å². The molecule has 0 saturated carbocycles. The lowest BCUT2D eigenvalue weighted by Crippen LogP contribution is -2.39. The summed E-state index contributed by atoms with van der Waals surface area (Å²) in [6.45, 7) is 1.89. The lowest BCUT2D eigenvalue weighted by molar-refractivity contribution is 0.386. The van der Waals surface area contributed by atoms with Crippen LogP contribution in [0.25, 0.3) is 27.8 Å². The summed E-state index contributed by atoms with van der Waals surface area (Å²) in [7, 11) is 1.46. The van der Waals surface area contributed by atoms with E-state index in [1.165, 1.54) is 18.9 Å². The number of hydrogen-bond acceptors (Lipinski definition) is 4. The van der Waals surface area contributed by atoms with Crippen LogP contribution in [-0.2, 0) is 0 Å². The highest BCUT2D eigenvalue weighted by atomic mass is 19.1. The van der Waals surface area contributed by atoms with E-state index in [9.17, 15) is 9.65 Å². The molecular formula is C27H25FN4O. The fourth-order valence-corrected chi connectivity index (χ4v) is 4.56. The molecule has 1 aromatic heterocycles. The van der Waals surface area contributed by atoms with Gasteiger partial charge >= 0.3 is 0 Å². The number of methoxy groups -OCH3 is 1. The number of halogens is 1. The topological polar surface area (TPSA) is 67.2 Å². The molecule has 1 aliphatic heterocycles. The number of hydrogen-bond donors (Lipinski definition) is 1. The van der Waals surface area contributed by atoms with Crippen molar-refractivity contribution >= 4 is 16.6 Å². The number of aromatic nitrogens is 1. The minimum absolute atomic E-state index is 0.213. The molecule has 2 heterocycles. The van der Waals surface area contributed by atoms with E-state index in [-0.39, 0.29) is 11.8 Å². The van der Waals surface area contributed by atoms with E-state index in [2.05, 4.69) is 39.8 Å². The van der Waals surface area contributed by atoms with E-state index < -0.39 is 5.82 Å². The molecule has 0 radical (unpaired) electrons. The van der Waals surface area contributed by atoms with Crippen LogP contribution in [-0.4, -0.2) is 30.8 Å². The quantitative estimate of drug-likeness (QED) is 0.471. The van der Waals surface area contributed by atoms with Crippen LogP contribution in [0.15, 0.2) is 66.7 Å². The average Bonchev–Trinajstić information content (AvgIpc) is 3.23. The van der Waals surface area contributed by atoms with E-state index in [0.29, 0.717) is 5.56 Å². The summed E-state index contributed by atoms with van der Waals surface area (Å²) in [5.74, 6) is -0.192. The summed E-state index contributed by atoms with van der Waals surface area (Å²) in [6, 6.07) is 23.4. The van der Waals surface area contributed by atoms with Crippen LogP contribution in [0.2, 0.25) is 0 Å². The van der Waals surface area contributed by atoms with Crippen molar-refractivity contribution in [1.29, 1.82) is 5.26 Å². The first-order valence-electron chi connectivity index (χ1n) is 11.1. The first-order valence-corrected chi connectivity index (χ1v) is 11.1. The third-order valence-electron chi connectivity index (χ3n) is 6.39. The van der Waals surface area contributed by atoms with Crippen molar-refractivity contribution < 1.29 is 9.13 Å². The van der Waals surface area contributed by atoms with Gasteiger partial charge in [-0.25, -0.2) is 4.39 Å². The summed E-state index contributed by atoms with van der Waals surface area (Å²) >= 11 is 0. The smallest absolute Gasteiger partial charge is 0.165 e. The lowest BCUT2D eigenvalue weighted by atomic mass is 10.1. The van der Waals surface area contributed by atoms with Crippen LogP contribution in [0, 0.1) is 17.1 Å². The Morgan fingerprint density at radius 1 is 0.970 bits per heavy atom. The summed E-state index contributed by atoms with van der Waals surface area (Å²) in [5.41, 5.74) is 11.4. The van der Waals surface area contributed by atoms with Crippen LogP contribution in [0.1, 0.15) is 18.4 Å². The number of anilines is 1. The highest BCUT2D eigenvalue weighted by molar-refractivity contribution is 5.91. The molecule has 4 aromatic rings. The number of nitrogens with zero attached hydrogens (tertiary/aromatic N) is 3. The van der Waals surface area contributed by atoms with Gasteiger partial charge in [0, 0.05) is 41.5 Å². The average molecular weight is 441 g/mol. The Balaban J connectivity index is 1.66. The second-order valence-electron chi connectivity index (χ2n) is 8.44. The van der Waals surface area contributed by atoms with Gasteiger partial charge in [0.2, 0.25) is 0 Å². The zero-order valence-corrected chi connectivity index (χ0v) is 18.5. The summed E-state index contributed by atoms with van der Waals surface area (Å²) in [4.78, 5) is 2.37. The van der Waals surface area contributed by atoms with Gasteiger partial charge in [-0.15, -0.1) is 0 Å². The molecule has 1 fully saturated rings. The zero-order valence-electron chi connectivity index (χ0n) is 18.5. The number of rotatable bonds is 4. The Morgan fingerprint density at radius 2 is 1.70 bits per heavy atom. The second-order valence-corrected chi connectivity index (χ2v) is 8.44. The molecule has 1 aliphatic rings. The SMILES string of the molecule is COc1ccc(-c2cc3cc(N4CCC(N)CC4)ccc3n2-c2ccc(C#N)cc2)cc1F. The fourth-order valence-electron chi connectivity index (χ4n) is 4.56. The van der Waals surface area contributed by atoms with Gasteiger partial charge in [-0.05, 0) is 79.6 Å². The maximum atomic E-state index is 14.6. The van der Waals surface area contributed by atoms with Gasteiger partial charge in [0.25, 0.3) is 0 Å². The first kappa shape index (κ1) is 21.0. The Bertz CT molecular complexity index is 1350. The molecule has 0 unspecified atom stereocenters. The van der Waals surface area contributed by atoms with Gasteiger partial charge in [0.05, 0.1) is 30.0 Å². The Kier molecular flexibility index (Phi) is 5.49. The number of fused-ring (bicyclic) bond motifs is 1. The monoisotopic (exact) mass is 440 g/mol. The molecule has 166 valence electrons. The van der Waals surface area contributed by atoms with E-state index in [4.69, 9.17) is 10.5 Å². The third-order valence-corrected chi connectivity index (χ3v) is 6.39. The van der Waals surface area contributed by atoms with Gasteiger partial charge in [-0.3, -0.25) is 0 Å². The molecule has 1 saturated heterocycles. The Morgan fingerprint density at radius 3 is 2.36 bits per heavy atom. The number of nitrogens with two attached hydrogens (primary N) is 1. The van der Waals surface area contributed by atoms with Crippen molar-refractivity contribution in [2.24, 2.45) is 5.73 Å². The molecule has 0 spiro atoms. The molecule has 6 heteroatoms. The van der Waals surface area contributed by atoms with Crippen molar-refractivity contribution in [2.45, 2.75) is 18.9 Å². The van der Waals surface area contributed by atoms with Gasteiger partial charge in [0.1, 0.15) is 0 Å². The van der Waals surface area contributed by atoms with Gasteiger partial charge in [-0.2, -0.15) is 5.26 Å². The Hall–Kier alpha value is -3.82. The zero-order chi connectivity index (χ0) is 22.9. The third kappa shape index (κ3) is 3.92. The number of nitriles is 1. The molecule has 33 heavy (non-hydrogen) atoms. The molecule has 0 atom stereocenters. The minimum atomic E-state index is -0.406. The first-order chi connectivity index (χ1) is 16.1. The standard InChI is InChI=1S/C27H25FN4O/c1-33-27-9-4-19(15-24(27)28)26-16-20-14-23(31-12-10-21(30)11-13-31)7-8-25(20)32(26)22-5-2-18(17-29)3-6-22/h2-9,14-16,21H,10-13,30H2,1H3. The van der Waals surface area contributed by atoms with Crippen LogP contribution in [0.3, 0.4) is 0 Å². The molecule has 5 nitrogen and oxygen atoms in total. The maximum Gasteiger partial charge on any atom is 0.165 e. The predicted octanol–water partition coefficient (Wildman–Crippen LogP) is 5.24. The minimum Gasteiger partial charge on any atom is -0.494 e. The summed E-state index contributed by atoms with van der Waals surface area (Å²) < 4.78 is 21.8. The molecule has 5 rings (SSSR count). The molecule has 0 aliphatic carbocycles. The largest absolute Gasteiger partial charge is 0.494 e. The number of benzene rings is 3. The van der Waals surface area contributed by atoms with Crippen LogP contribution in [0.4, 0.5) is 10.1 Å². The number of ether oxygens (including phenoxy) is 1. The van der Waals surface area contributed by atoms with Gasteiger partial charge < -0.3 is 19.9 Å². The number of piperidine rings is 1.